The van der Waals surface area contributed by atoms with Crippen molar-refractivity contribution in [1.29, 1.82) is 0 Å². The van der Waals surface area contributed by atoms with Crippen LogP contribution in [0.1, 0.15) is 35.6 Å². The van der Waals surface area contributed by atoms with Crippen LogP contribution in [0.15, 0.2) is 30.9 Å². The molecule has 0 saturated carbocycles. The van der Waals surface area contributed by atoms with Gasteiger partial charge in [0, 0.05) is 19.6 Å². The third kappa shape index (κ3) is 2.90. The summed E-state index contributed by atoms with van der Waals surface area (Å²) in [5.41, 5.74) is 4.20. The number of nitrogens with zero attached hydrogens (tertiary/aromatic N) is 4. The Bertz CT molecular complexity index is 554. The van der Waals surface area contributed by atoms with E-state index in [9.17, 15) is 0 Å². The molecule has 1 aliphatic rings. The summed E-state index contributed by atoms with van der Waals surface area (Å²) in [6.45, 7) is 7.71. The molecule has 0 bridgehead atoms. The Morgan fingerprint density at radius 2 is 2.00 bits per heavy atom. The highest BCUT2D eigenvalue weighted by atomic mass is 15.3. The van der Waals surface area contributed by atoms with Crippen LogP contribution in [0.25, 0.3) is 0 Å². The van der Waals surface area contributed by atoms with E-state index < -0.39 is 0 Å². The largest absolute Gasteiger partial charge is 0.299 e. The summed E-state index contributed by atoms with van der Waals surface area (Å²) in [7, 11) is 0. The molecule has 1 fully saturated rings. The first-order chi connectivity index (χ1) is 9.72. The topological polar surface area (TPSA) is 34.0 Å². The average Bonchev–Trinajstić information content (AvgIpc) is 2.97. The normalized spacial score (nSPS) is 17.5. The van der Waals surface area contributed by atoms with Gasteiger partial charge in [-0.3, -0.25) is 4.90 Å². The SMILES string of the molecule is Cc1ccc(CN2CCC(n3cncn3)CC2)c(C)c1. The van der Waals surface area contributed by atoms with E-state index >= 15 is 0 Å². The number of benzene rings is 1. The molecule has 1 aliphatic heterocycles. The molecule has 3 rings (SSSR count). The number of likely N-dealkylation sites (tertiary alicyclic amines) is 1. The molecule has 106 valence electrons. The summed E-state index contributed by atoms with van der Waals surface area (Å²) in [6, 6.07) is 7.28. The summed E-state index contributed by atoms with van der Waals surface area (Å²) < 4.78 is 2.01. The highest BCUT2D eigenvalue weighted by Crippen LogP contribution is 2.23. The van der Waals surface area contributed by atoms with Gasteiger partial charge in [0.2, 0.25) is 0 Å². The Labute approximate surface area is 120 Å². The Morgan fingerprint density at radius 1 is 1.20 bits per heavy atom. The van der Waals surface area contributed by atoms with E-state index in [1.165, 1.54) is 16.7 Å². The predicted molar refractivity (Wildman–Crippen MR) is 79.5 cm³/mol. The Kier molecular flexibility index (Phi) is 3.83. The predicted octanol–water partition coefficient (Wildman–Crippen LogP) is 2.73. The molecule has 0 amide bonds. The van der Waals surface area contributed by atoms with Crippen LogP contribution >= 0.6 is 0 Å². The fourth-order valence-electron chi connectivity index (χ4n) is 3.01. The molecular formula is C16H22N4. The van der Waals surface area contributed by atoms with Gasteiger partial charge in [-0.05, 0) is 37.8 Å². The van der Waals surface area contributed by atoms with E-state index in [0.29, 0.717) is 6.04 Å². The van der Waals surface area contributed by atoms with Gasteiger partial charge in [-0.15, -0.1) is 0 Å². The van der Waals surface area contributed by atoms with Crippen molar-refractivity contribution in [3.63, 3.8) is 0 Å². The number of hydrogen-bond acceptors (Lipinski definition) is 3. The van der Waals surface area contributed by atoms with Crippen LogP contribution in [-0.4, -0.2) is 32.8 Å². The first-order valence-electron chi connectivity index (χ1n) is 7.35. The van der Waals surface area contributed by atoms with Gasteiger partial charge < -0.3 is 0 Å². The van der Waals surface area contributed by atoms with E-state index in [1.54, 1.807) is 6.33 Å². The quantitative estimate of drug-likeness (QED) is 0.860. The van der Waals surface area contributed by atoms with Gasteiger partial charge in [0.25, 0.3) is 0 Å². The van der Waals surface area contributed by atoms with Gasteiger partial charge in [-0.2, -0.15) is 5.10 Å². The standard InChI is InChI=1S/C16H22N4/c1-13-3-4-15(14(2)9-13)10-19-7-5-16(6-8-19)20-12-17-11-18-20/h3-4,9,11-12,16H,5-8,10H2,1-2H3. The zero-order valence-electron chi connectivity index (χ0n) is 12.3. The lowest BCUT2D eigenvalue weighted by molar-refractivity contribution is 0.173. The molecule has 1 aromatic carbocycles. The second kappa shape index (κ2) is 5.75. The first-order valence-corrected chi connectivity index (χ1v) is 7.35. The molecule has 0 spiro atoms. The minimum atomic E-state index is 0.521. The van der Waals surface area contributed by atoms with Gasteiger partial charge in [0.1, 0.15) is 12.7 Å². The van der Waals surface area contributed by atoms with Crippen LogP contribution < -0.4 is 0 Å². The third-order valence-electron chi connectivity index (χ3n) is 4.26. The van der Waals surface area contributed by atoms with Crippen LogP contribution in [0.4, 0.5) is 0 Å². The lowest BCUT2D eigenvalue weighted by Crippen LogP contribution is -2.34. The number of piperidine rings is 1. The number of aryl methyl sites for hydroxylation is 2. The number of aromatic nitrogens is 3. The lowest BCUT2D eigenvalue weighted by Gasteiger charge is -2.32. The van der Waals surface area contributed by atoms with E-state index in [4.69, 9.17) is 0 Å². The summed E-state index contributed by atoms with van der Waals surface area (Å²) >= 11 is 0. The maximum Gasteiger partial charge on any atom is 0.137 e. The van der Waals surface area contributed by atoms with Crippen molar-refractivity contribution >= 4 is 0 Å². The Balaban J connectivity index is 1.58. The van der Waals surface area contributed by atoms with Gasteiger partial charge in [-0.25, -0.2) is 9.67 Å². The fraction of sp³-hybridized carbons (Fsp3) is 0.500. The van der Waals surface area contributed by atoms with Crippen molar-refractivity contribution in [2.45, 2.75) is 39.3 Å². The van der Waals surface area contributed by atoms with Crippen LogP contribution in [0.5, 0.6) is 0 Å². The van der Waals surface area contributed by atoms with Gasteiger partial charge >= 0.3 is 0 Å². The molecule has 2 heterocycles. The van der Waals surface area contributed by atoms with Crippen LogP contribution in [0, 0.1) is 13.8 Å². The summed E-state index contributed by atoms with van der Waals surface area (Å²) in [6.07, 6.45) is 5.79. The fourth-order valence-corrected chi connectivity index (χ4v) is 3.01. The molecule has 0 aliphatic carbocycles. The molecule has 1 saturated heterocycles. The van der Waals surface area contributed by atoms with Gasteiger partial charge in [0.15, 0.2) is 0 Å². The molecule has 0 atom stereocenters. The zero-order chi connectivity index (χ0) is 13.9. The molecule has 4 nitrogen and oxygen atoms in total. The molecule has 1 aromatic heterocycles. The summed E-state index contributed by atoms with van der Waals surface area (Å²) in [4.78, 5) is 6.59. The van der Waals surface area contributed by atoms with Crippen molar-refractivity contribution < 1.29 is 0 Å². The summed E-state index contributed by atoms with van der Waals surface area (Å²) in [5.74, 6) is 0. The monoisotopic (exact) mass is 270 g/mol. The third-order valence-corrected chi connectivity index (χ3v) is 4.26. The van der Waals surface area contributed by atoms with Gasteiger partial charge in [-0.1, -0.05) is 23.8 Å². The van der Waals surface area contributed by atoms with Crippen molar-refractivity contribution in [1.82, 2.24) is 19.7 Å². The second-order valence-corrected chi connectivity index (χ2v) is 5.81. The molecule has 20 heavy (non-hydrogen) atoms. The molecule has 4 heteroatoms. The smallest absolute Gasteiger partial charge is 0.137 e. The van der Waals surface area contributed by atoms with Crippen molar-refractivity contribution in [2.24, 2.45) is 0 Å². The Morgan fingerprint density at radius 3 is 2.65 bits per heavy atom. The molecule has 0 unspecified atom stereocenters. The van der Waals surface area contributed by atoms with Crippen molar-refractivity contribution in [3.8, 4) is 0 Å². The van der Waals surface area contributed by atoms with Crippen molar-refractivity contribution in [3.05, 3.63) is 47.5 Å². The molecule has 2 aromatic rings. The van der Waals surface area contributed by atoms with E-state index in [-0.39, 0.29) is 0 Å². The minimum absolute atomic E-state index is 0.521. The maximum absolute atomic E-state index is 4.26. The van der Waals surface area contributed by atoms with Crippen LogP contribution in [-0.2, 0) is 6.54 Å². The zero-order valence-corrected chi connectivity index (χ0v) is 12.3. The summed E-state index contributed by atoms with van der Waals surface area (Å²) in [5, 5.41) is 4.26. The Hall–Kier alpha value is -1.68. The molecule has 0 N–H and O–H groups in total. The lowest BCUT2D eigenvalue weighted by atomic mass is 10.0. The highest BCUT2D eigenvalue weighted by molar-refractivity contribution is 5.30. The van der Waals surface area contributed by atoms with E-state index in [2.05, 4.69) is 47.0 Å². The maximum atomic E-state index is 4.26. The van der Waals surface area contributed by atoms with Crippen molar-refractivity contribution in [2.75, 3.05) is 13.1 Å². The van der Waals surface area contributed by atoms with E-state index in [1.807, 2.05) is 11.0 Å². The second-order valence-electron chi connectivity index (χ2n) is 5.81. The minimum Gasteiger partial charge on any atom is -0.299 e. The molecular weight excluding hydrogens is 248 g/mol. The van der Waals surface area contributed by atoms with Crippen LogP contribution in [0.2, 0.25) is 0 Å². The van der Waals surface area contributed by atoms with Crippen LogP contribution in [0.3, 0.4) is 0 Å². The highest BCUT2D eigenvalue weighted by Gasteiger charge is 2.21. The number of rotatable bonds is 3. The van der Waals surface area contributed by atoms with Gasteiger partial charge in [0.05, 0.1) is 6.04 Å². The van der Waals surface area contributed by atoms with E-state index in [0.717, 1.165) is 32.5 Å². The first kappa shape index (κ1) is 13.3. The number of hydrogen-bond donors (Lipinski definition) is 0. The average molecular weight is 270 g/mol. The molecule has 0 radical (unpaired) electrons.